The van der Waals surface area contributed by atoms with Crippen molar-refractivity contribution in [2.75, 3.05) is 5.73 Å². The minimum Gasteiger partial charge on any atom is -0.383 e. The number of aryl methyl sites for hydroxylation is 1. The molecular weight excluding hydrogens is 282 g/mol. The van der Waals surface area contributed by atoms with Crippen molar-refractivity contribution >= 4 is 17.4 Å². The first-order chi connectivity index (χ1) is 9.62. The summed E-state index contributed by atoms with van der Waals surface area (Å²) >= 11 is 6.24. The van der Waals surface area contributed by atoms with Gasteiger partial charge >= 0.3 is 0 Å². The monoisotopic (exact) mass is 305 g/mol. The van der Waals surface area contributed by atoms with Crippen LogP contribution in [-0.4, -0.2) is 9.55 Å². The number of rotatable bonds is 2. The lowest BCUT2D eigenvalue weighted by molar-refractivity contribution is 0.382. The second-order valence-corrected chi connectivity index (χ2v) is 7.24. The summed E-state index contributed by atoms with van der Waals surface area (Å²) in [5, 5.41) is 0.739. The zero-order valence-corrected chi connectivity index (χ0v) is 14.4. The Bertz CT molecular complexity index is 663. The Morgan fingerprint density at radius 1 is 1.24 bits per heavy atom. The van der Waals surface area contributed by atoms with Gasteiger partial charge in [0.25, 0.3) is 0 Å². The predicted octanol–water partition coefficient (Wildman–Crippen LogP) is 4.97. The summed E-state index contributed by atoms with van der Waals surface area (Å²) in [4.78, 5) is 4.80. The molecule has 0 saturated carbocycles. The molecule has 2 rings (SSSR count). The van der Waals surface area contributed by atoms with Crippen molar-refractivity contribution in [2.24, 2.45) is 0 Å². The minimum absolute atomic E-state index is 0.108. The van der Waals surface area contributed by atoms with E-state index in [9.17, 15) is 0 Å². The van der Waals surface area contributed by atoms with E-state index in [1.54, 1.807) is 0 Å². The maximum Gasteiger partial charge on any atom is 0.132 e. The number of nitrogen functional groups attached to an aromatic ring is 1. The van der Waals surface area contributed by atoms with Gasteiger partial charge in [-0.2, -0.15) is 0 Å². The average Bonchev–Trinajstić information content (AvgIpc) is 2.70. The van der Waals surface area contributed by atoms with Crippen molar-refractivity contribution in [1.29, 1.82) is 0 Å². The molecule has 0 atom stereocenters. The summed E-state index contributed by atoms with van der Waals surface area (Å²) in [6.45, 7) is 12.7. The van der Waals surface area contributed by atoms with Crippen molar-refractivity contribution in [1.82, 2.24) is 9.55 Å². The molecule has 2 aromatic rings. The van der Waals surface area contributed by atoms with Gasteiger partial charge < -0.3 is 10.3 Å². The highest BCUT2D eigenvalue weighted by atomic mass is 35.5. The summed E-state index contributed by atoms with van der Waals surface area (Å²) in [6, 6.07) is 5.96. The van der Waals surface area contributed by atoms with Gasteiger partial charge in [0.2, 0.25) is 0 Å². The third-order valence-corrected chi connectivity index (χ3v) is 3.98. The first-order valence-corrected chi connectivity index (χ1v) is 7.66. The van der Waals surface area contributed by atoms with Crippen molar-refractivity contribution in [3.63, 3.8) is 0 Å². The van der Waals surface area contributed by atoms with Gasteiger partial charge in [0.1, 0.15) is 17.3 Å². The predicted molar refractivity (Wildman–Crippen MR) is 90.9 cm³/mol. The first-order valence-electron chi connectivity index (χ1n) is 7.28. The second kappa shape index (κ2) is 5.38. The minimum atomic E-state index is -0.108. The Hall–Kier alpha value is -1.48. The molecule has 0 unspecified atom stereocenters. The van der Waals surface area contributed by atoms with E-state index >= 15 is 0 Å². The quantitative estimate of drug-likeness (QED) is 0.851. The lowest BCUT2D eigenvalue weighted by Gasteiger charge is -2.26. The molecule has 0 aliphatic heterocycles. The molecule has 1 aromatic carbocycles. The van der Waals surface area contributed by atoms with E-state index in [-0.39, 0.29) is 5.54 Å². The van der Waals surface area contributed by atoms with Crippen molar-refractivity contribution in [3.8, 4) is 11.3 Å². The molecule has 21 heavy (non-hydrogen) atoms. The number of aromatic nitrogens is 2. The highest BCUT2D eigenvalue weighted by Gasteiger charge is 2.26. The fraction of sp³-hybridized carbons (Fsp3) is 0.471. The van der Waals surface area contributed by atoms with Crippen LogP contribution in [0, 0.1) is 6.92 Å². The smallest absolute Gasteiger partial charge is 0.132 e. The van der Waals surface area contributed by atoms with Gasteiger partial charge in [0, 0.05) is 22.0 Å². The zero-order chi connectivity index (χ0) is 15.9. The molecule has 114 valence electrons. The molecule has 0 spiro atoms. The summed E-state index contributed by atoms with van der Waals surface area (Å²) in [5.74, 6) is 2.01. The highest BCUT2D eigenvalue weighted by molar-refractivity contribution is 6.31. The largest absolute Gasteiger partial charge is 0.383 e. The van der Waals surface area contributed by atoms with Gasteiger partial charge in [-0.3, -0.25) is 0 Å². The molecular formula is C17H24ClN3. The SMILES string of the molecule is Cc1ccc(-c2nc(C(C)C)n(C(C)(C)C)c2N)cc1Cl. The standard InChI is InChI=1S/C17H24ClN3/c1-10(2)16-20-14(15(19)21(16)17(4,5)6)12-8-7-11(3)13(18)9-12/h7-10H,19H2,1-6H3. The maximum absolute atomic E-state index is 6.41. The number of anilines is 1. The summed E-state index contributed by atoms with van der Waals surface area (Å²) in [5.41, 5.74) is 9.13. The van der Waals surface area contributed by atoms with Crippen LogP contribution in [0.3, 0.4) is 0 Å². The van der Waals surface area contributed by atoms with Crippen LogP contribution in [0.5, 0.6) is 0 Å². The molecule has 0 radical (unpaired) electrons. The molecule has 0 bridgehead atoms. The van der Waals surface area contributed by atoms with Crippen LogP contribution in [0.2, 0.25) is 5.02 Å². The van der Waals surface area contributed by atoms with Crippen LogP contribution < -0.4 is 5.73 Å². The van der Waals surface area contributed by atoms with E-state index in [0.29, 0.717) is 11.7 Å². The molecule has 1 heterocycles. The lowest BCUT2D eigenvalue weighted by atomic mass is 10.1. The van der Waals surface area contributed by atoms with Gasteiger partial charge in [0.05, 0.1) is 0 Å². The fourth-order valence-electron chi connectivity index (χ4n) is 2.50. The van der Waals surface area contributed by atoms with Crippen LogP contribution in [0.4, 0.5) is 5.82 Å². The normalized spacial score (nSPS) is 12.2. The van der Waals surface area contributed by atoms with Crippen LogP contribution in [0.25, 0.3) is 11.3 Å². The van der Waals surface area contributed by atoms with Gasteiger partial charge in [-0.05, 0) is 39.3 Å². The van der Waals surface area contributed by atoms with Gasteiger partial charge in [0.15, 0.2) is 0 Å². The van der Waals surface area contributed by atoms with E-state index < -0.39 is 0 Å². The summed E-state index contributed by atoms with van der Waals surface area (Å²) in [6.07, 6.45) is 0. The topological polar surface area (TPSA) is 43.8 Å². The number of nitrogens with two attached hydrogens (primary N) is 1. The molecule has 0 saturated heterocycles. The Kier molecular flexibility index (Phi) is 4.07. The number of halogens is 1. The van der Waals surface area contributed by atoms with E-state index in [2.05, 4.69) is 39.2 Å². The van der Waals surface area contributed by atoms with Crippen molar-refractivity contribution in [3.05, 3.63) is 34.6 Å². The number of nitrogens with zero attached hydrogens (tertiary/aromatic N) is 2. The average molecular weight is 306 g/mol. The Labute approximate surface area is 132 Å². The fourth-order valence-corrected chi connectivity index (χ4v) is 2.68. The molecule has 2 N–H and O–H groups in total. The van der Waals surface area contributed by atoms with Crippen molar-refractivity contribution < 1.29 is 0 Å². The molecule has 3 nitrogen and oxygen atoms in total. The number of hydrogen-bond donors (Lipinski definition) is 1. The molecule has 0 amide bonds. The molecule has 0 aliphatic rings. The third-order valence-electron chi connectivity index (χ3n) is 3.57. The maximum atomic E-state index is 6.41. The van der Waals surface area contributed by atoms with Crippen LogP contribution in [0.1, 0.15) is 51.9 Å². The van der Waals surface area contributed by atoms with E-state index in [0.717, 1.165) is 27.7 Å². The number of hydrogen-bond acceptors (Lipinski definition) is 2. The van der Waals surface area contributed by atoms with Crippen LogP contribution in [0.15, 0.2) is 18.2 Å². The first kappa shape index (κ1) is 15.9. The molecule has 0 aliphatic carbocycles. The van der Waals surface area contributed by atoms with E-state index in [1.165, 1.54) is 0 Å². The highest BCUT2D eigenvalue weighted by Crippen LogP contribution is 2.35. The van der Waals surface area contributed by atoms with Gasteiger partial charge in [-0.25, -0.2) is 4.98 Å². The zero-order valence-electron chi connectivity index (χ0n) is 13.7. The number of benzene rings is 1. The number of imidazole rings is 1. The van der Waals surface area contributed by atoms with Crippen molar-refractivity contribution in [2.45, 2.75) is 53.0 Å². The Morgan fingerprint density at radius 3 is 2.29 bits per heavy atom. The molecule has 1 aromatic heterocycles. The Balaban J connectivity index is 2.68. The van der Waals surface area contributed by atoms with Gasteiger partial charge in [-0.1, -0.05) is 37.6 Å². The van der Waals surface area contributed by atoms with E-state index in [4.69, 9.17) is 22.3 Å². The lowest BCUT2D eigenvalue weighted by Crippen LogP contribution is -2.26. The molecule has 0 fully saturated rings. The molecule has 4 heteroatoms. The third kappa shape index (κ3) is 2.93. The summed E-state index contributed by atoms with van der Waals surface area (Å²) < 4.78 is 2.13. The summed E-state index contributed by atoms with van der Waals surface area (Å²) in [7, 11) is 0. The van der Waals surface area contributed by atoms with Crippen LogP contribution >= 0.6 is 11.6 Å². The Morgan fingerprint density at radius 2 is 1.86 bits per heavy atom. The van der Waals surface area contributed by atoms with Gasteiger partial charge in [-0.15, -0.1) is 0 Å². The van der Waals surface area contributed by atoms with Crippen LogP contribution in [-0.2, 0) is 5.54 Å². The second-order valence-electron chi connectivity index (χ2n) is 6.83. The van der Waals surface area contributed by atoms with E-state index in [1.807, 2.05) is 25.1 Å².